The van der Waals surface area contributed by atoms with Crippen molar-refractivity contribution < 1.29 is 0 Å². The number of hydrogen-bond acceptors (Lipinski definition) is 2. The van der Waals surface area contributed by atoms with Crippen molar-refractivity contribution in [3.05, 3.63) is 0 Å². The Morgan fingerprint density at radius 2 is 1.38 bits per heavy atom. The largest absolute Gasteiger partial charge is 0.305 e. The minimum Gasteiger partial charge on any atom is -0.305 e. The SMILES string of the molecule is NN=NC12CC3CC(CC(C3)C1)C2. The molecule has 3 nitrogen and oxygen atoms in total. The van der Waals surface area contributed by atoms with Gasteiger partial charge in [0.15, 0.2) is 0 Å². The lowest BCUT2D eigenvalue weighted by atomic mass is 9.53. The zero-order valence-corrected chi connectivity index (χ0v) is 7.95. The molecule has 72 valence electrons. The van der Waals surface area contributed by atoms with E-state index in [1.807, 2.05) is 0 Å². The summed E-state index contributed by atoms with van der Waals surface area (Å²) in [5.74, 6) is 8.03. The van der Waals surface area contributed by atoms with Crippen molar-refractivity contribution in [2.75, 3.05) is 0 Å². The van der Waals surface area contributed by atoms with Crippen LogP contribution in [0.2, 0.25) is 0 Å². The van der Waals surface area contributed by atoms with Gasteiger partial charge in [0, 0.05) is 0 Å². The van der Waals surface area contributed by atoms with Crippen LogP contribution in [0, 0.1) is 17.8 Å². The maximum absolute atomic E-state index is 5.21. The standard InChI is InChI=1S/C10H17N3/c11-13-12-10-4-7-1-8(5-10)3-9(2-7)6-10/h7-9H,1-6H2,(H2,11,12). The monoisotopic (exact) mass is 179 g/mol. The summed E-state index contributed by atoms with van der Waals surface area (Å²) < 4.78 is 0. The van der Waals surface area contributed by atoms with Crippen molar-refractivity contribution >= 4 is 0 Å². The molecule has 0 heterocycles. The summed E-state index contributed by atoms with van der Waals surface area (Å²) in [6.07, 6.45) is 8.16. The highest BCUT2D eigenvalue weighted by atomic mass is 15.3. The van der Waals surface area contributed by atoms with Gasteiger partial charge in [-0.05, 0) is 56.3 Å². The van der Waals surface area contributed by atoms with Crippen molar-refractivity contribution in [2.24, 2.45) is 33.9 Å². The molecule has 0 amide bonds. The van der Waals surface area contributed by atoms with E-state index in [2.05, 4.69) is 10.3 Å². The molecule has 0 aromatic heterocycles. The second-order valence-electron chi connectivity index (χ2n) is 5.36. The number of nitrogens with zero attached hydrogens (tertiary/aromatic N) is 2. The highest BCUT2D eigenvalue weighted by Crippen LogP contribution is 2.57. The van der Waals surface area contributed by atoms with Gasteiger partial charge in [-0.2, -0.15) is 5.11 Å². The second-order valence-corrected chi connectivity index (χ2v) is 5.36. The van der Waals surface area contributed by atoms with Gasteiger partial charge in [0.25, 0.3) is 0 Å². The minimum absolute atomic E-state index is 0.184. The molecule has 4 bridgehead atoms. The van der Waals surface area contributed by atoms with Gasteiger partial charge in [-0.15, -0.1) is 0 Å². The lowest BCUT2D eigenvalue weighted by Crippen LogP contribution is -2.49. The van der Waals surface area contributed by atoms with Crippen LogP contribution in [0.1, 0.15) is 38.5 Å². The zero-order valence-electron chi connectivity index (χ0n) is 7.95. The molecule has 0 aromatic rings. The fraction of sp³-hybridized carbons (Fsp3) is 1.00. The van der Waals surface area contributed by atoms with Crippen LogP contribution in [0.5, 0.6) is 0 Å². The Kier molecular flexibility index (Phi) is 1.47. The fourth-order valence-electron chi connectivity index (χ4n) is 4.31. The summed E-state index contributed by atoms with van der Waals surface area (Å²) in [4.78, 5) is 0. The molecule has 4 rings (SSSR count). The second kappa shape index (κ2) is 2.46. The molecule has 0 radical (unpaired) electrons. The summed E-state index contributed by atoms with van der Waals surface area (Å²) in [7, 11) is 0. The van der Waals surface area contributed by atoms with Crippen LogP contribution in [-0.2, 0) is 0 Å². The molecule has 3 heteroatoms. The Labute approximate surface area is 78.8 Å². The average molecular weight is 179 g/mol. The van der Waals surface area contributed by atoms with Crippen LogP contribution in [0.4, 0.5) is 0 Å². The van der Waals surface area contributed by atoms with Crippen molar-refractivity contribution in [1.82, 2.24) is 0 Å². The molecule has 0 unspecified atom stereocenters. The summed E-state index contributed by atoms with van der Waals surface area (Å²) in [6.45, 7) is 0. The Morgan fingerprint density at radius 1 is 0.923 bits per heavy atom. The van der Waals surface area contributed by atoms with Gasteiger partial charge in [-0.25, -0.2) is 0 Å². The Bertz CT molecular complexity index is 211. The first kappa shape index (κ1) is 7.77. The van der Waals surface area contributed by atoms with Gasteiger partial charge in [0.1, 0.15) is 0 Å². The van der Waals surface area contributed by atoms with E-state index in [4.69, 9.17) is 5.84 Å². The van der Waals surface area contributed by atoms with Gasteiger partial charge >= 0.3 is 0 Å². The van der Waals surface area contributed by atoms with E-state index in [0.29, 0.717) is 0 Å². The summed E-state index contributed by atoms with van der Waals surface area (Å²) in [5, 5.41) is 7.87. The maximum Gasteiger partial charge on any atom is 0.0845 e. The molecule has 4 saturated carbocycles. The minimum atomic E-state index is 0.184. The molecule has 0 spiro atoms. The molecule has 0 aliphatic heterocycles. The summed E-state index contributed by atoms with van der Waals surface area (Å²) >= 11 is 0. The molecule has 0 aromatic carbocycles. The topological polar surface area (TPSA) is 50.7 Å². The molecule has 4 aliphatic carbocycles. The van der Waals surface area contributed by atoms with Gasteiger partial charge in [-0.3, -0.25) is 0 Å². The van der Waals surface area contributed by atoms with Crippen LogP contribution < -0.4 is 5.84 Å². The first-order valence-corrected chi connectivity index (χ1v) is 5.42. The third-order valence-corrected chi connectivity index (χ3v) is 4.28. The molecular formula is C10H17N3. The highest BCUT2D eigenvalue weighted by Gasteiger charge is 2.51. The first-order chi connectivity index (χ1) is 6.30. The van der Waals surface area contributed by atoms with E-state index >= 15 is 0 Å². The van der Waals surface area contributed by atoms with Gasteiger partial charge in [0.05, 0.1) is 5.54 Å². The van der Waals surface area contributed by atoms with Crippen molar-refractivity contribution in [3.63, 3.8) is 0 Å². The number of rotatable bonds is 1. The molecule has 0 atom stereocenters. The molecule has 0 saturated heterocycles. The lowest BCUT2D eigenvalue weighted by Gasteiger charge is -2.54. The van der Waals surface area contributed by atoms with Crippen molar-refractivity contribution in [3.8, 4) is 0 Å². The predicted molar refractivity (Wildman–Crippen MR) is 49.9 cm³/mol. The quantitative estimate of drug-likeness (QED) is 0.375. The van der Waals surface area contributed by atoms with E-state index in [-0.39, 0.29) is 5.54 Å². The van der Waals surface area contributed by atoms with Crippen LogP contribution in [0.15, 0.2) is 10.3 Å². The van der Waals surface area contributed by atoms with Crippen LogP contribution in [0.25, 0.3) is 0 Å². The first-order valence-electron chi connectivity index (χ1n) is 5.42. The van der Waals surface area contributed by atoms with E-state index < -0.39 is 0 Å². The smallest absolute Gasteiger partial charge is 0.0845 e. The van der Waals surface area contributed by atoms with Crippen LogP contribution in [-0.4, -0.2) is 5.54 Å². The van der Waals surface area contributed by atoms with E-state index in [1.54, 1.807) is 0 Å². The van der Waals surface area contributed by atoms with Gasteiger partial charge in [0.2, 0.25) is 0 Å². The van der Waals surface area contributed by atoms with E-state index in [0.717, 1.165) is 17.8 Å². The number of hydrogen-bond donors (Lipinski definition) is 1. The van der Waals surface area contributed by atoms with Gasteiger partial charge < -0.3 is 5.84 Å². The highest BCUT2D eigenvalue weighted by molar-refractivity contribution is 5.05. The van der Waals surface area contributed by atoms with Crippen molar-refractivity contribution in [2.45, 2.75) is 44.1 Å². The van der Waals surface area contributed by atoms with E-state index in [1.165, 1.54) is 38.5 Å². The maximum atomic E-state index is 5.21. The summed E-state index contributed by atoms with van der Waals surface area (Å²) in [6, 6.07) is 0. The molecule has 4 fully saturated rings. The lowest BCUT2D eigenvalue weighted by molar-refractivity contribution is -0.00212. The molecule has 13 heavy (non-hydrogen) atoms. The van der Waals surface area contributed by atoms with Crippen molar-refractivity contribution in [1.29, 1.82) is 0 Å². The Hall–Kier alpha value is -0.600. The molecular weight excluding hydrogens is 162 g/mol. The number of nitrogens with two attached hydrogens (primary N) is 1. The average Bonchev–Trinajstić information content (AvgIpc) is 2.00. The van der Waals surface area contributed by atoms with Crippen LogP contribution in [0.3, 0.4) is 0 Å². The predicted octanol–water partition coefficient (Wildman–Crippen LogP) is 2.28. The fourth-order valence-corrected chi connectivity index (χ4v) is 4.31. The zero-order chi connectivity index (χ0) is 8.89. The third kappa shape index (κ3) is 1.09. The Balaban J connectivity index is 1.91. The third-order valence-electron chi connectivity index (χ3n) is 4.28. The van der Waals surface area contributed by atoms with Crippen LogP contribution >= 0.6 is 0 Å². The molecule has 2 N–H and O–H groups in total. The van der Waals surface area contributed by atoms with E-state index in [9.17, 15) is 0 Å². The summed E-state index contributed by atoms with van der Waals surface area (Å²) in [5.41, 5.74) is 0.184. The molecule has 4 aliphatic rings. The van der Waals surface area contributed by atoms with Gasteiger partial charge in [-0.1, -0.05) is 5.22 Å². The Morgan fingerprint density at radius 3 is 1.77 bits per heavy atom. The normalized spacial score (nSPS) is 53.4.